The van der Waals surface area contributed by atoms with Crippen LogP contribution in [0.15, 0.2) is 52.7 Å². The number of hydrazone groups is 1. The van der Waals surface area contributed by atoms with Crippen molar-refractivity contribution in [2.75, 3.05) is 0 Å². The molecule has 1 aromatic carbocycles. The van der Waals surface area contributed by atoms with E-state index in [0.29, 0.717) is 5.84 Å². The van der Waals surface area contributed by atoms with E-state index in [-0.39, 0.29) is 0 Å². The van der Waals surface area contributed by atoms with Crippen LogP contribution in [0.4, 0.5) is 0 Å². The largest absolute Gasteiger partial charge is 0.382 e. The molecule has 136 valence electrons. The molecule has 1 saturated carbocycles. The topological polar surface area (TPSA) is 95.1 Å². The molecule has 4 rings (SSSR count). The fourth-order valence-electron chi connectivity index (χ4n) is 2.71. The average molecular weight is 369 g/mol. The molecule has 3 aromatic rings. The maximum absolute atomic E-state index is 5.79. The van der Waals surface area contributed by atoms with Crippen LogP contribution in [-0.2, 0) is 0 Å². The van der Waals surface area contributed by atoms with Gasteiger partial charge in [0.2, 0.25) is 0 Å². The SMILES string of the molecule is CC.N/N=C(\N)c1cccc(-n2ncc3cc(SC4CCC4)cnc32)c1. The van der Waals surface area contributed by atoms with E-state index in [2.05, 4.69) is 21.3 Å². The van der Waals surface area contributed by atoms with Gasteiger partial charge in [0.1, 0.15) is 5.84 Å². The number of hydrogen-bond acceptors (Lipinski definition) is 5. The molecule has 0 aliphatic heterocycles. The van der Waals surface area contributed by atoms with Crippen LogP contribution in [-0.4, -0.2) is 25.9 Å². The first kappa shape index (κ1) is 18.3. The van der Waals surface area contributed by atoms with Crippen LogP contribution in [0, 0.1) is 0 Å². The van der Waals surface area contributed by atoms with E-state index in [9.17, 15) is 0 Å². The zero-order valence-corrected chi connectivity index (χ0v) is 15.9. The third-order valence-corrected chi connectivity index (χ3v) is 5.56. The molecule has 2 aromatic heterocycles. The monoisotopic (exact) mass is 368 g/mol. The van der Waals surface area contributed by atoms with Crippen molar-refractivity contribution in [1.29, 1.82) is 0 Å². The zero-order valence-electron chi connectivity index (χ0n) is 15.1. The molecule has 0 bridgehead atoms. The molecule has 6 nitrogen and oxygen atoms in total. The second-order valence-corrected chi connectivity index (χ2v) is 7.25. The summed E-state index contributed by atoms with van der Waals surface area (Å²) >= 11 is 1.91. The third kappa shape index (κ3) is 3.67. The van der Waals surface area contributed by atoms with Gasteiger partial charge in [0.25, 0.3) is 0 Å². The minimum absolute atomic E-state index is 0.292. The Morgan fingerprint density at radius 1 is 1.23 bits per heavy atom. The molecule has 1 fully saturated rings. The van der Waals surface area contributed by atoms with E-state index >= 15 is 0 Å². The van der Waals surface area contributed by atoms with E-state index in [0.717, 1.165) is 27.5 Å². The summed E-state index contributed by atoms with van der Waals surface area (Å²) in [5, 5.41) is 9.80. The van der Waals surface area contributed by atoms with Crippen molar-refractivity contribution in [3.05, 3.63) is 48.3 Å². The normalized spacial score (nSPS) is 14.6. The fraction of sp³-hybridized carbons (Fsp3) is 0.316. The first-order valence-electron chi connectivity index (χ1n) is 8.89. The van der Waals surface area contributed by atoms with Gasteiger partial charge in [-0.05, 0) is 31.0 Å². The Balaban J connectivity index is 0.000000948. The summed E-state index contributed by atoms with van der Waals surface area (Å²) in [5.74, 6) is 5.55. The van der Waals surface area contributed by atoms with Crippen molar-refractivity contribution >= 4 is 28.6 Å². The van der Waals surface area contributed by atoms with Crippen LogP contribution in [0.1, 0.15) is 38.7 Å². The summed E-state index contributed by atoms with van der Waals surface area (Å²) in [6.07, 6.45) is 7.73. The van der Waals surface area contributed by atoms with Crippen LogP contribution in [0.5, 0.6) is 0 Å². The number of amidine groups is 1. The Hall–Kier alpha value is -2.54. The molecule has 0 radical (unpaired) electrons. The van der Waals surface area contributed by atoms with Crippen molar-refractivity contribution in [2.24, 2.45) is 16.7 Å². The standard InChI is InChI=1S/C17H18N6S.C2H6/c18-16(22-19)11-3-1-4-13(7-11)23-17-12(9-21-23)8-15(10-20-17)24-14-5-2-6-14;1-2/h1,3-4,7-10,14H,2,5-6,19H2,(H2,18,22);1-2H3. The smallest absolute Gasteiger partial charge is 0.162 e. The Bertz CT molecular complexity index is 913. The number of pyridine rings is 1. The van der Waals surface area contributed by atoms with Gasteiger partial charge in [-0.1, -0.05) is 32.4 Å². The van der Waals surface area contributed by atoms with Gasteiger partial charge in [-0.3, -0.25) is 0 Å². The summed E-state index contributed by atoms with van der Waals surface area (Å²) in [7, 11) is 0. The molecule has 4 N–H and O–H groups in total. The van der Waals surface area contributed by atoms with Crippen LogP contribution in [0.2, 0.25) is 0 Å². The highest BCUT2D eigenvalue weighted by molar-refractivity contribution is 8.00. The number of thioether (sulfide) groups is 1. The maximum atomic E-state index is 5.79. The minimum atomic E-state index is 0.292. The van der Waals surface area contributed by atoms with Crippen LogP contribution >= 0.6 is 11.8 Å². The molecule has 0 spiro atoms. The van der Waals surface area contributed by atoms with E-state index < -0.39 is 0 Å². The predicted octanol–water partition coefficient (Wildman–Crippen LogP) is 3.67. The number of rotatable bonds is 4. The van der Waals surface area contributed by atoms with Crippen molar-refractivity contribution in [3.8, 4) is 5.69 Å². The lowest BCUT2D eigenvalue weighted by Crippen LogP contribution is -2.15. The Kier molecular flexibility index (Phi) is 5.78. The number of hydrogen-bond donors (Lipinski definition) is 2. The molecular formula is C19H24N6S. The molecule has 1 aliphatic rings. The summed E-state index contributed by atoms with van der Waals surface area (Å²) in [5.41, 5.74) is 8.25. The second kappa shape index (κ2) is 8.23. The molecule has 0 amide bonds. The van der Waals surface area contributed by atoms with Gasteiger partial charge < -0.3 is 11.6 Å². The third-order valence-electron chi connectivity index (χ3n) is 4.26. The van der Waals surface area contributed by atoms with Crippen LogP contribution in [0.25, 0.3) is 16.7 Å². The number of fused-ring (bicyclic) bond motifs is 1. The molecule has 1 aliphatic carbocycles. The molecule has 0 saturated heterocycles. The van der Waals surface area contributed by atoms with Crippen molar-refractivity contribution in [3.63, 3.8) is 0 Å². The van der Waals surface area contributed by atoms with Gasteiger partial charge in [0.15, 0.2) is 5.65 Å². The lowest BCUT2D eigenvalue weighted by Gasteiger charge is -2.24. The van der Waals surface area contributed by atoms with E-state index in [1.807, 2.05) is 62.3 Å². The minimum Gasteiger partial charge on any atom is -0.382 e. The zero-order chi connectivity index (χ0) is 18.5. The van der Waals surface area contributed by atoms with Crippen LogP contribution in [0.3, 0.4) is 0 Å². The van der Waals surface area contributed by atoms with Gasteiger partial charge in [-0.2, -0.15) is 10.2 Å². The molecule has 7 heteroatoms. The van der Waals surface area contributed by atoms with E-state index in [4.69, 9.17) is 11.6 Å². The lowest BCUT2D eigenvalue weighted by molar-refractivity contribution is 0.522. The quantitative estimate of drug-likeness (QED) is 0.317. The van der Waals surface area contributed by atoms with Gasteiger partial charge >= 0.3 is 0 Å². The fourth-order valence-corrected chi connectivity index (χ4v) is 3.97. The maximum Gasteiger partial charge on any atom is 0.162 e. The highest BCUT2D eigenvalue weighted by Crippen LogP contribution is 2.36. The summed E-state index contributed by atoms with van der Waals surface area (Å²) in [6.45, 7) is 4.00. The van der Waals surface area contributed by atoms with E-state index in [1.54, 1.807) is 4.68 Å². The predicted molar refractivity (Wildman–Crippen MR) is 109 cm³/mol. The summed E-state index contributed by atoms with van der Waals surface area (Å²) < 4.78 is 1.81. The lowest BCUT2D eigenvalue weighted by atomic mass is 10.0. The first-order valence-corrected chi connectivity index (χ1v) is 9.77. The highest BCUT2D eigenvalue weighted by atomic mass is 32.2. The number of nitrogens with zero attached hydrogens (tertiary/aromatic N) is 4. The summed E-state index contributed by atoms with van der Waals surface area (Å²) in [4.78, 5) is 5.83. The Morgan fingerprint density at radius 3 is 2.73 bits per heavy atom. The van der Waals surface area contributed by atoms with Crippen LogP contribution < -0.4 is 11.6 Å². The van der Waals surface area contributed by atoms with Gasteiger partial charge in [0.05, 0.1) is 11.9 Å². The van der Waals surface area contributed by atoms with E-state index in [1.165, 1.54) is 24.2 Å². The molecular weight excluding hydrogens is 344 g/mol. The van der Waals surface area contributed by atoms with Gasteiger partial charge in [0, 0.05) is 27.3 Å². The molecule has 0 atom stereocenters. The molecule has 2 heterocycles. The average Bonchev–Trinajstić information content (AvgIpc) is 3.09. The molecule has 0 unspecified atom stereocenters. The summed E-state index contributed by atoms with van der Waals surface area (Å²) in [6, 6.07) is 9.78. The molecule has 26 heavy (non-hydrogen) atoms. The van der Waals surface area contributed by atoms with Crippen molar-refractivity contribution < 1.29 is 0 Å². The number of benzene rings is 1. The Labute approximate surface area is 157 Å². The highest BCUT2D eigenvalue weighted by Gasteiger charge is 2.19. The van der Waals surface area contributed by atoms with Crippen molar-refractivity contribution in [1.82, 2.24) is 14.8 Å². The van der Waals surface area contributed by atoms with Crippen molar-refractivity contribution in [2.45, 2.75) is 43.3 Å². The second-order valence-electron chi connectivity index (χ2n) is 5.88. The Morgan fingerprint density at radius 2 is 2.04 bits per heavy atom. The van der Waals surface area contributed by atoms with Gasteiger partial charge in [-0.25, -0.2) is 9.67 Å². The number of aromatic nitrogens is 3. The first-order chi connectivity index (χ1) is 12.7. The van der Waals surface area contributed by atoms with Gasteiger partial charge in [-0.15, -0.1) is 11.8 Å². The number of nitrogens with two attached hydrogens (primary N) is 2.